The Kier molecular flexibility index (Phi) is 5.52. The van der Waals surface area contributed by atoms with E-state index in [4.69, 9.17) is 9.47 Å². The van der Waals surface area contributed by atoms with Crippen molar-refractivity contribution in [2.24, 2.45) is 17.8 Å². The van der Waals surface area contributed by atoms with Crippen LogP contribution in [0.25, 0.3) is 0 Å². The third-order valence-corrected chi connectivity index (χ3v) is 6.12. The number of carbonyl (C=O) groups excluding carboxylic acids is 2. The predicted octanol–water partition coefficient (Wildman–Crippen LogP) is 2.91. The van der Waals surface area contributed by atoms with Crippen molar-refractivity contribution in [2.45, 2.75) is 71.1 Å². The molecular formula is C20H34N2O4. The highest BCUT2D eigenvalue weighted by atomic mass is 16.6. The lowest BCUT2D eigenvalue weighted by Crippen LogP contribution is -2.54. The molecule has 3 fully saturated rings. The first-order valence-electron chi connectivity index (χ1n) is 10.0. The van der Waals surface area contributed by atoms with Crippen molar-refractivity contribution in [2.75, 3.05) is 26.7 Å². The molecule has 0 N–H and O–H groups in total. The number of rotatable bonds is 3. The molecule has 5 atom stereocenters. The van der Waals surface area contributed by atoms with E-state index < -0.39 is 5.60 Å². The van der Waals surface area contributed by atoms with Gasteiger partial charge in [0.1, 0.15) is 5.60 Å². The van der Waals surface area contributed by atoms with Gasteiger partial charge >= 0.3 is 12.1 Å². The SMILES string of the molecule is COC(=O)C1C[C@H]1[C@@H]1CCCN1C1CCN(C(=O)OC(C)(C)C)CC1C. The zero-order chi connectivity index (χ0) is 19.1. The van der Waals surface area contributed by atoms with E-state index in [1.807, 2.05) is 25.7 Å². The smallest absolute Gasteiger partial charge is 0.410 e. The monoisotopic (exact) mass is 366 g/mol. The number of hydrogen-bond donors (Lipinski definition) is 0. The molecule has 0 radical (unpaired) electrons. The van der Waals surface area contributed by atoms with Crippen molar-refractivity contribution in [1.82, 2.24) is 9.80 Å². The van der Waals surface area contributed by atoms with Crippen LogP contribution in [0.3, 0.4) is 0 Å². The third-order valence-electron chi connectivity index (χ3n) is 6.12. The van der Waals surface area contributed by atoms with Crippen molar-refractivity contribution in [3.63, 3.8) is 0 Å². The van der Waals surface area contributed by atoms with Gasteiger partial charge in [0, 0.05) is 25.2 Å². The molecule has 2 saturated heterocycles. The second-order valence-electron chi connectivity index (χ2n) is 9.24. The Balaban J connectivity index is 1.57. The molecule has 3 unspecified atom stereocenters. The molecule has 2 aliphatic heterocycles. The van der Waals surface area contributed by atoms with Crippen LogP contribution in [0, 0.1) is 17.8 Å². The summed E-state index contributed by atoms with van der Waals surface area (Å²) < 4.78 is 10.5. The Morgan fingerprint density at radius 1 is 1.08 bits per heavy atom. The summed E-state index contributed by atoms with van der Waals surface area (Å²) in [5, 5.41) is 0. The highest BCUT2D eigenvalue weighted by molar-refractivity contribution is 5.75. The summed E-state index contributed by atoms with van der Waals surface area (Å²) in [6.07, 6.45) is 4.13. The Morgan fingerprint density at radius 3 is 2.42 bits per heavy atom. The van der Waals surface area contributed by atoms with Gasteiger partial charge in [-0.05, 0) is 64.8 Å². The van der Waals surface area contributed by atoms with Gasteiger partial charge in [-0.15, -0.1) is 0 Å². The van der Waals surface area contributed by atoms with Crippen LogP contribution in [0.4, 0.5) is 4.79 Å². The number of ether oxygens (including phenoxy) is 2. The summed E-state index contributed by atoms with van der Waals surface area (Å²) in [5.74, 6) is 0.922. The molecule has 2 heterocycles. The van der Waals surface area contributed by atoms with E-state index in [9.17, 15) is 9.59 Å². The maximum atomic E-state index is 12.4. The van der Waals surface area contributed by atoms with Gasteiger partial charge < -0.3 is 14.4 Å². The zero-order valence-electron chi connectivity index (χ0n) is 16.9. The van der Waals surface area contributed by atoms with E-state index in [-0.39, 0.29) is 18.0 Å². The molecule has 1 aliphatic carbocycles. The largest absolute Gasteiger partial charge is 0.469 e. The fraction of sp³-hybridized carbons (Fsp3) is 0.900. The Labute approximate surface area is 157 Å². The topological polar surface area (TPSA) is 59.1 Å². The van der Waals surface area contributed by atoms with Crippen molar-refractivity contribution in [1.29, 1.82) is 0 Å². The minimum absolute atomic E-state index is 0.0466. The molecule has 3 aliphatic rings. The molecule has 1 amide bonds. The highest BCUT2D eigenvalue weighted by Gasteiger charge is 2.52. The lowest BCUT2D eigenvalue weighted by molar-refractivity contribution is -0.142. The average molecular weight is 367 g/mol. The highest BCUT2D eigenvalue weighted by Crippen LogP contribution is 2.48. The number of methoxy groups -OCH3 is 1. The maximum Gasteiger partial charge on any atom is 0.410 e. The number of amides is 1. The van der Waals surface area contributed by atoms with Crippen molar-refractivity contribution in [3.05, 3.63) is 0 Å². The summed E-state index contributed by atoms with van der Waals surface area (Å²) in [6, 6.07) is 0.986. The van der Waals surface area contributed by atoms with Crippen LogP contribution >= 0.6 is 0 Å². The molecule has 6 nitrogen and oxygen atoms in total. The predicted molar refractivity (Wildman–Crippen MR) is 98.7 cm³/mol. The Morgan fingerprint density at radius 2 is 1.81 bits per heavy atom. The lowest BCUT2D eigenvalue weighted by Gasteiger charge is -2.43. The van der Waals surface area contributed by atoms with E-state index in [0.29, 0.717) is 23.9 Å². The molecule has 0 aromatic heterocycles. The summed E-state index contributed by atoms with van der Waals surface area (Å²) in [4.78, 5) is 28.7. The molecule has 1 saturated carbocycles. The van der Waals surface area contributed by atoms with Crippen LogP contribution in [-0.4, -0.2) is 66.3 Å². The van der Waals surface area contributed by atoms with Gasteiger partial charge in [-0.3, -0.25) is 9.69 Å². The summed E-state index contributed by atoms with van der Waals surface area (Å²) in [5.41, 5.74) is -0.452. The van der Waals surface area contributed by atoms with Gasteiger partial charge in [-0.2, -0.15) is 0 Å². The zero-order valence-corrected chi connectivity index (χ0v) is 16.9. The number of esters is 1. The Bertz CT molecular complexity index is 544. The second kappa shape index (κ2) is 7.37. The van der Waals surface area contributed by atoms with E-state index in [1.165, 1.54) is 20.0 Å². The summed E-state index contributed by atoms with van der Waals surface area (Å²) in [7, 11) is 1.48. The van der Waals surface area contributed by atoms with Crippen LogP contribution in [-0.2, 0) is 14.3 Å². The number of hydrogen-bond acceptors (Lipinski definition) is 5. The van der Waals surface area contributed by atoms with Crippen LogP contribution in [0.15, 0.2) is 0 Å². The number of nitrogens with zero attached hydrogens (tertiary/aromatic N) is 2. The van der Waals surface area contributed by atoms with Crippen LogP contribution in [0.2, 0.25) is 0 Å². The first-order valence-corrected chi connectivity index (χ1v) is 10.0. The van der Waals surface area contributed by atoms with E-state index in [1.54, 1.807) is 0 Å². The van der Waals surface area contributed by atoms with Crippen molar-refractivity contribution >= 4 is 12.1 Å². The van der Waals surface area contributed by atoms with Gasteiger partial charge in [0.05, 0.1) is 13.0 Å². The quantitative estimate of drug-likeness (QED) is 0.719. The normalized spacial score (nSPS) is 35.3. The van der Waals surface area contributed by atoms with Crippen LogP contribution in [0.1, 0.15) is 53.4 Å². The number of carbonyl (C=O) groups is 2. The van der Waals surface area contributed by atoms with Gasteiger partial charge in [0.25, 0.3) is 0 Å². The molecule has 6 heteroatoms. The Hall–Kier alpha value is -1.30. The fourth-order valence-corrected chi connectivity index (χ4v) is 4.87. The van der Waals surface area contributed by atoms with Crippen LogP contribution < -0.4 is 0 Å². The summed E-state index contributed by atoms with van der Waals surface area (Å²) >= 11 is 0. The summed E-state index contributed by atoms with van der Waals surface area (Å²) in [6.45, 7) is 10.6. The molecule has 0 bridgehead atoms. The second-order valence-corrected chi connectivity index (χ2v) is 9.24. The molecule has 26 heavy (non-hydrogen) atoms. The molecular weight excluding hydrogens is 332 g/mol. The first kappa shape index (κ1) is 19.5. The lowest BCUT2D eigenvalue weighted by atomic mass is 9.91. The fourth-order valence-electron chi connectivity index (χ4n) is 4.87. The molecule has 0 spiro atoms. The van der Waals surface area contributed by atoms with E-state index in [0.717, 1.165) is 32.5 Å². The van der Waals surface area contributed by atoms with Crippen molar-refractivity contribution in [3.8, 4) is 0 Å². The molecule has 3 rings (SSSR count). The van der Waals surface area contributed by atoms with Gasteiger partial charge in [-0.25, -0.2) is 4.79 Å². The average Bonchev–Trinajstić information content (AvgIpc) is 3.21. The molecule has 148 valence electrons. The van der Waals surface area contributed by atoms with Gasteiger partial charge in [0.15, 0.2) is 0 Å². The minimum atomic E-state index is -0.452. The maximum absolute atomic E-state index is 12.4. The van der Waals surface area contributed by atoms with E-state index >= 15 is 0 Å². The van der Waals surface area contributed by atoms with Gasteiger partial charge in [-0.1, -0.05) is 6.92 Å². The van der Waals surface area contributed by atoms with E-state index in [2.05, 4.69) is 11.8 Å². The minimum Gasteiger partial charge on any atom is -0.469 e. The molecule has 0 aromatic rings. The molecule has 0 aromatic carbocycles. The van der Waals surface area contributed by atoms with Crippen molar-refractivity contribution < 1.29 is 19.1 Å². The van der Waals surface area contributed by atoms with Gasteiger partial charge in [0.2, 0.25) is 0 Å². The number of piperidine rings is 1. The van der Waals surface area contributed by atoms with Crippen LogP contribution in [0.5, 0.6) is 0 Å². The first-order chi connectivity index (χ1) is 12.2. The third kappa shape index (κ3) is 4.16. The standard InChI is InChI=1S/C20H34N2O4/c1-13-12-21(19(24)26-20(2,3)4)10-8-16(13)22-9-6-7-17(22)14-11-15(14)18(23)25-5/h13-17H,6-12H2,1-5H3/t13?,14-,15?,16?,17+/m1/s1. The number of likely N-dealkylation sites (tertiary alicyclic amines) is 2.